The molecule has 3 nitrogen and oxygen atoms in total. The van der Waals surface area contributed by atoms with Crippen molar-refractivity contribution < 1.29 is 9.53 Å². The van der Waals surface area contributed by atoms with Gasteiger partial charge in [0.2, 0.25) is 0 Å². The van der Waals surface area contributed by atoms with Crippen molar-refractivity contribution in [1.82, 2.24) is 0 Å². The van der Waals surface area contributed by atoms with Crippen molar-refractivity contribution in [2.24, 2.45) is 0 Å². The van der Waals surface area contributed by atoms with Crippen molar-refractivity contribution in [2.45, 2.75) is 19.4 Å². The van der Waals surface area contributed by atoms with Gasteiger partial charge in [-0.05, 0) is 29.3 Å². The Morgan fingerprint density at radius 3 is 2.15 bits per heavy atom. The molecule has 1 unspecified atom stereocenters. The molecule has 0 aliphatic heterocycles. The largest absolute Gasteiger partial charge is 0.480 e. The van der Waals surface area contributed by atoms with Crippen LogP contribution in [0.25, 0.3) is 21.5 Å². The second-order valence-corrected chi connectivity index (χ2v) is 6.51. The van der Waals surface area contributed by atoms with E-state index in [0.717, 1.165) is 33.0 Å². The van der Waals surface area contributed by atoms with E-state index < -0.39 is 6.10 Å². The van der Waals surface area contributed by atoms with Crippen LogP contribution in [0, 0.1) is 0 Å². The van der Waals surface area contributed by atoms with Crippen LogP contribution in [0.15, 0.2) is 84.9 Å². The molecule has 0 saturated carbocycles. The Morgan fingerprint density at radius 2 is 1.41 bits per heavy atom. The average Bonchev–Trinajstić information content (AvgIpc) is 2.72. The van der Waals surface area contributed by atoms with Gasteiger partial charge in [0.15, 0.2) is 6.10 Å². The summed E-state index contributed by atoms with van der Waals surface area (Å²) in [5.41, 5.74) is 0.804. The molecule has 0 aliphatic carbocycles. The van der Waals surface area contributed by atoms with Gasteiger partial charge in [-0.25, -0.2) is 0 Å². The van der Waals surface area contributed by atoms with Crippen LogP contribution in [0.5, 0.6) is 5.75 Å². The molecule has 134 valence electrons. The van der Waals surface area contributed by atoms with Gasteiger partial charge < -0.3 is 10.1 Å². The van der Waals surface area contributed by atoms with E-state index in [4.69, 9.17) is 4.74 Å². The molecule has 3 heteroatoms. The third kappa shape index (κ3) is 3.49. The molecule has 4 aromatic rings. The molecule has 4 aromatic carbocycles. The first kappa shape index (κ1) is 17.1. The number of amides is 1. The number of ether oxygens (including phenoxy) is 1. The summed E-state index contributed by atoms with van der Waals surface area (Å²) in [6.07, 6.45) is 0.0228. The molecule has 0 radical (unpaired) electrons. The summed E-state index contributed by atoms with van der Waals surface area (Å²) in [7, 11) is 0. The number of rotatable bonds is 5. The smallest absolute Gasteiger partial charge is 0.265 e. The van der Waals surface area contributed by atoms with Crippen molar-refractivity contribution in [3.8, 4) is 5.75 Å². The second kappa shape index (κ2) is 7.50. The van der Waals surface area contributed by atoms with Crippen LogP contribution in [0.1, 0.15) is 13.3 Å². The highest BCUT2D eigenvalue weighted by Crippen LogP contribution is 2.27. The lowest BCUT2D eigenvalue weighted by molar-refractivity contribution is -0.122. The molecule has 4 rings (SSSR count). The lowest BCUT2D eigenvalue weighted by atomic mass is 10.1. The average molecular weight is 355 g/mol. The molecule has 27 heavy (non-hydrogen) atoms. The van der Waals surface area contributed by atoms with Gasteiger partial charge in [0.05, 0.1) is 0 Å². The number of nitrogens with one attached hydrogen (secondary N) is 1. The summed E-state index contributed by atoms with van der Waals surface area (Å²) in [5.74, 6) is 0.592. The van der Waals surface area contributed by atoms with E-state index in [1.54, 1.807) is 0 Å². The number of benzene rings is 4. The Morgan fingerprint density at radius 1 is 0.815 bits per heavy atom. The summed E-state index contributed by atoms with van der Waals surface area (Å²) in [6, 6.07) is 27.9. The Kier molecular flexibility index (Phi) is 4.75. The fourth-order valence-corrected chi connectivity index (χ4v) is 3.32. The quantitative estimate of drug-likeness (QED) is 0.492. The van der Waals surface area contributed by atoms with E-state index in [1.807, 2.05) is 91.9 Å². The molecule has 1 amide bonds. The first-order valence-corrected chi connectivity index (χ1v) is 9.19. The Labute approximate surface area is 158 Å². The highest BCUT2D eigenvalue weighted by Gasteiger charge is 2.20. The summed E-state index contributed by atoms with van der Waals surface area (Å²) in [5, 5.41) is 7.26. The molecule has 0 saturated heterocycles. The molecule has 0 fully saturated rings. The predicted molar refractivity (Wildman–Crippen MR) is 111 cm³/mol. The van der Waals surface area contributed by atoms with Crippen LogP contribution in [0.3, 0.4) is 0 Å². The van der Waals surface area contributed by atoms with Gasteiger partial charge in [0, 0.05) is 16.5 Å². The predicted octanol–water partition coefficient (Wildman–Crippen LogP) is 5.79. The molecular weight excluding hydrogens is 334 g/mol. The number of anilines is 1. The van der Waals surface area contributed by atoms with Crippen molar-refractivity contribution >= 4 is 33.1 Å². The highest BCUT2D eigenvalue weighted by molar-refractivity contribution is 6.03. The van der Waals surface area contributed by atoms with Crippen molar-refractivity contribution in [1.29, 1.82) is 0 Å². The molecule has 0 aliphatic rings. The summed E-state index contributed by atoms with van der Waals surface area (Å²) in [4.78, 5) is 12.9. The van der Waals surface area contributed by atoms with Gasteiger partial charge in [-0.15, -0.1) is 0 Å². The van der Waals surface area contributed by atoms with Crippen LogP contribution in [-0.2, 0) is 4.79 Å². The molecular formula is C24H21NO2. The summed E-state index contributed by atoms with van der Waals surface area (Å²) in [6.45, 7) is 1.96. The van der Waals surface area contributed by atoms with E-state index in [1.165, 1.54) is 0 Å². The topological polar surface area (TPSA) is 38.3 Å². The Hall–Kier alpha value is -3.33. The van der Waals surface area contributed by atoms with E-state index >= 15 is 0 Å². The first-order valence-electron chi connectivity index (χ1n) is 9.19. The van der Waals surface area contributed by atoms with Crippen LogP contribution < -0.4 is 10.1 Å². The van der Waals surface area contributed by atoms with Crippen molar-refractivity contribution in [3.05, 3.63) is 84.9 Å². The molecule has 1 N–H and O–H groups in total. The highest BCUT2D eigenvalue weighted by atomic mass is 16.5. The molecule has 0 aromatic heterocycles. The van der Waals surface area contributed by atoms with E-state index in [9.17, 15) is 4.79 Å². The number of carbonyl (C=O) groups is 1. The first-order chi connectivity index (χ1) is 13.3. The SMILES string of the molecule is CCC(Oc1cccc2ccccc12)C(=O)Nc1cccc2ccccc12. The summed E-state index contributed by atoms with van der Waals surface area (Å²) >= 11 is 0. The van der Waals surface area contributed by atoms with E-state index in [0.29, 0.717) is 6.42 Å². The standard InChI is InChI=1S/C24H21NO2/c1-2-22(27-23-16-8-12-18-10-4-6-14-20(18)23)24(26)25-21-15-7-11-17-9-3-5-13-19(17)21/h3-16,22H,2H2,1H3,(H,25,26). The third-order valence-electron chi connectivity index (χ3n) is 4.73. The van der Waals surface area contributed by atoms with Gasteiger partial charge in [-0.1, -0.05) is 79.7 Å². The molecule has 0 bridgehead atoms. The number of hydrogen-bond acceptors (Lipinski definition) is 2. The van der Waals surface area contributed by atoms with Crippen molar-refractivity contribution in [3.63, 3.8) is 0 Å². The lowest BCUT2D eigenvalue weighted by Crippen LogP contribution is -2.32. The van der Waals surface area contributed by atoms with Gasteiger partial charge in [0.25, 0.3) is 5.91 Å². The van der Waals surface area contributed by atoms with Crippen LogP contribution >= 0.6 is 0 Å². The van der Waals surface area contributed by atoms with E-state index in [2.05, 4.69) is 5.32 Å². The van der Waals surface area contributed by atoms with E-state index in [-0.39, 0.29) is 5.91 Å². The zero-order chi connectivity index (χ0) is 18.6. The third-order valence-corrected chi connectivity index (χ3v) is 4.73. The minimum atomic E-state index is -0.560. The van der Waals surface area contributed by atoms with Crippen LogP contribution in [0.4, 0.5) is 5.69 Å². The van der Waals surface area contributed by atoms with Gasteiger partial charge >= 0.3 is 0 Å². The van der Waals surface area contributed by atoms with Crippen LogP contribution in [0.2, 0.25) is 0 Å². The maximum absolute atomic E-state index is 12.9. The maximum Gasteiger partial charge on any atom is 0.265 e. The minimum absolute atomic E-state index is 0.137. The fourth-order valence-electron chi connectivity index (χ4n) is 3.32. The zero-order valence-corrected chi connectivity index (χ0v) is 15.2. The van der Waals surface area contributed by atoms with Crippen molar-refractivity contribution in [2.75, 3.05) is 5.32 Å². The lowest BCUT2D eigenvalue weighted by Gasteiger charge is -2.19. The molecule has 0 heterocycles. The number of fused-ring (bicyclic) bond motifs is 2. The minimum Gasteiger partial charge on any atom is -0.480 e. The van der Waals surface area contributed by atoms with Gasteiger partial charge in [-0.2, -0.15) is 0 Å². The number of carbonyl (C=O) groups excluding carboxylic acids is 1. The normalized spacial score (nSPS) is 12.0. The second-order valence-electron chi connectivity index (χ2n) is 6.51. The zero-order valence-electron chi connectivity index (χ0n) is 15.2. The van der Waals surface area contributed by atoms with Crippen LogP contribution in [-0.4, -0.2) is 12.0 Å². The Balaban J connectivity index is 1.59. The Bertz CT molecular complexity index is 1090. The number of hydrogen-bond donors (Lipinski definition) is 1. The van der Waals surface area contributed by atoms with Gasteiger partial charge in [0.1, 0.15) is 5.75 Å². The maximum atomic E-state index is 12.9. The monoisotopic (exact) mass is 355 g/mol. The summed E-state index contributed by atoms with van der Waals surface area (Å²) < 4.78 is 6.11. The van der Waals surface area contributed by atoms with Gasteiger partial charge in [-0.3, -0.25) is 4.79 Å². The fraction of sp³-hybridized carbons (Fsp3) is 0.125. The molecule has 1 atom stereocenters. The molecule has 0 spiro atoms.